The number of anilines is 1. The Morgan fingerprint density at radius 3 is 2.66 bits per heavy atom. The van der Waals surface area contributed by atoms with Gasteiger partial charge in [-0.2, -0.15) is 0 Å². The third-order valence-electron chi connectivity index (χ3n) is 6.48. The van der Waals surface area contributed by atoms with Crippen LogP contribution in [0.3, 0.4) is 0 Å². The highest BCUT2D eigenvalue weighted by Crippen LogP contribution is 2.42. The molecule has 2 aromatic rings. The number of benzene rings is 1. The van der Waals surface area contributed by atoms with Crippen molar-refractivity contribution in [2.24, 2.45) is 0 Å². The molecular formula is C24H24F2N4O5. The van der Waals surface area contributed by atoms with E-state index in [2.05, 4.69) is 11.6 Å². The number of morpholine rings is 1. The predicted octanol–water partition coefficient (Wildman–Crippen LogP) is 1.80. The van der Waals surface area contributed by atoms with Crippen molar-refractivity contribution in [1.29, 1.82) is 0 Å². The molecule has 2 amide bonds. The van der Waals surface area contributed by atoms with Gasteiger partial charge < -0.3 is 29.3 Å². The third-order valence-corrected chi connectivity index (χ3v) is 6.48. The molecule has 184 valence electrons. The zero-order valence-corrected chi connectivity index (χ0v) is 18.9. The van der Waals surface area contributed by atoms with Crippen molar-refractivity contribution in [2.75, 3.05) is 57.4 Å². The van der Waals surface area contributed by atoms with Crippen LogP contribution in [0.5, 0.6) is 11.5 Å². The fourth-order valence-corrected chi connectivity index (χ4v) is 4.69. The lowest BCUT2D eigenvalue weighted by Crippen LogP contribution is -2.57. The van der Waals surface area contributed by atoms with Crippen LogP contribution in [-0.2, 0) is 9.53 Å². The van der Waals surface area contributed by atoms with Gasteiger partial charge in [-0.25, -0.2) is 13.8 Å². The molecule has 3 aliphatic heterocycles. The third kappa shape index (κ3) is 3.95. The van der Waals surface area contributed by atoms with Crippen LogP contribution in [0.4, 0.5) is 14.6 Å². The van der Waals surface area contributed by atoms with Crippen LogP contribution in [0, 0.1) is 11.6 Å². The number of nitrogens with zero attached hydrogens (tertiary/aromatic N) is 4. The van der Waals surface area contributed by atoms with E-state index in [-0.39, 0.29) is 42.7 Å². The topological polar surface area (TPSA) is 95.4 Å². The van der Waals surface area contributed by atoms with Crippen molar-refractivity contribution in [3.05, 3.63) is 48.1 Å². The van der Waals surface area contributed by atoms with Gasteiger partial charge >= 0.3 is 0 Å². The zero-order valence-electron chi connectivity index (χ0n) is 18.9. The number of hydrogen-bond donors (Lipinski definition) is 1. The second kappa shape index (κ2) is 9.14. The molecule has 35 heavy (non-hydrogen) atoms. The summed E-state index contributed by atoms with van der Waals surface area (Å²) in [5.74, 6) is -3.34. The molecule has 0 unspecified atom stereocenters. The van der Waals surface area contributed by atoms with Crippen molar-refractivity contribution in [1.82, 2.24) is 14.8 Å². The molecule has 0 spiro atoms. The Balaban J connectivity index is 1.65. The first-order valence-corrected chi connectivity index (χ1v) is 11.3. The molecule has 0 aliphatic carbocycles. The summed E-state index contributed by atoms with van der Waals surface area (Å²) in [5.41, 5.74) is -0.921. The van der Waals surface area contributed by atoms with Crippen LogP contribution < -0.4 is 9.64 Å². The summed E-state index contributed by atoms with van der Waals surface area (Å²) < 4.78 is 41.9. The van der Waals surface area contributed by atoms with E-state index in [1.807, 2.05) is 0 Å². The Bertz CT molecular complexity index is 1180. The minimum atomic E-state index is -1.04. The summed E-state index contributed by atoms with van der Waals surface area (Å²) in [5, 5.41) is 10.3. The predicted molar refractivity (Wildman–Crippen MR) is 121 cm³/mol. The monoisotopic (exact) mass is 486 g/mol. The number of aromatic hydroxyl groups is 1. The molecule has 1 aromatic heterocycles. The molecule has 0 radical (unpaired) electrons. The van der Waals surface area contributed by atoms with Crippen molar-refractivity contribution in [3.8, 4) is 22.8 Å². The van der Waals surface area contributed by atoms with E-state index in [0.717, 1.165) is 6.07 Å². The van der Waals surface area contributed by atoms with Crippen LogP contribution in [-0.4, -0.2) is 90.3 Å². The van der Waals surface area contributed by atoms with E-state index >= 15 is 4.39 Å². The van der Waals surface area contributed by atoms with Crippen molar-refractivity contribution in [2.45, 2.75) is 6.04 Å². The maximum atomic E-state index is 15.9. The van der Waals surface area contributed by atoms with E-state index in [9.17, 15) is 19.1 Å². The number of carbonyl (C=O) groups is 2. The Morgan fingerprint density at radius 1 is 1.17 bits per heavy atom. The highest BCUT2D eigenvalue weighted by Gasteiger charge is 2.41. The first-order valence-electron chi connectivity index (χ1n) is 11.3. The van der Waals surface area contributed by atoms with E-state index < -0.39 is 40.6 Å². The number of phenols is 1. The van der Waals surface area contributed by atoms with Crippen LogP contribution >= 0.6 is 0 Å². The highest BCUT2D eigenvalue weighted by molar-refractivity contribution is 6.03. The maximum Gasteiger partial charge on any atom is 0.262 e. The molecule has 1 aromatic carbocycles. The van der Waals surface area contributed by atoms with Crippen LogP contribution in [0.25, 0.3) is 11.3 Å². The van der Waals surface area contributed by atoms with Gasteiger partial charge in [0.2, 0.25) is 5.91 Å². The maximum absolute atomic E-state index is 15.9. The molecule has 1 N–H and O–H groups in total. The van der Waals surface area contributed by atoms with Crippen molar-refractivity contribution >= 4 is 17.6 Å². The van der Waals surface area contributed by atoms with Gasteiger partial charge in [0, 0.05) is 32.7 Å². The molecule has 2 saturated heterocycles. The smallest absolute Gasteiger partial charge is 0.262 e. The van der Waals surface area contributed by atoms with Gasteiger partial charge in [-0.1, -0.05) is 12.6 Å². The quantitative estimate of drug-likeness (QED) is 0.661. The largest absolute Gasteiger partial charge is 0.507 e. The standard InChI is InChI=1S/C24H24F2N4O5/c1-2-17(32)29-6-7-30-14(12-29)13-35-22-19(24(30)33)23(28-8-10-34-11-9-28)27-21(20(22)26)18-15(25)4-3-5-16(18)31/h2-5,14,31H,1,6-13H2/t14-/m1/s1. The Morgan fingerprint density at radius 2 is 1.94 bits per heavy atom. The number of carbonyl (C=O) groups excluding carboxylic acids is 2. The molecule has 2 fully saturated rings. The molecule has 5 rings (SSSR count). The van der Waals surface area contributed by atoms with Crippen LogP contribution in [0.15, 0.2) is 30.9 Å². The lowest BCUT2D eigenvalue weighted by Gasteiger charge is -2.39. The fourth-order valence-electron chi connectivity index (χ4n) is 4.69. The SMILES string of the molecule is C=CC(=O)N1CCN2C(=O)c3c(N4CCOCC4)nc(-c4c(O)cccc4F)c(F)c3OC[C@H]2C1. The minimum absolute atomic E-state index is 0.0602. The second-order valence-electron chi connectivity index (χ2n) is 8.49. The summed E-state index contributed by atoms with van der Waals surface area (Å²) in [7, 11) is 0. The van der Waals surface area contributed by atoms with E-state index in [0.29, 0.717) is 32.8 Å². The van der Waals surface area contributed by atoms with Gasteiger partial charge in [0.05, 0.1) is 24.8 Å². The van der Waals surface area contributed by atoms with Crippen molar-refractivity contribution in [3.63, 3.8) is 0 Å². The van der Waals surface area contributed by atoms with E-state index in [1.165, 1.54) is 18.2 Å². The van der Waals surface area contributed by atoms with E-state index in [1.54, 1.807) is 14.7 Å². The second-order valence-corrected chi connectivity index (χ2v) is 8.49. The number of fused-ring (bicyclic) bond motifs is 2. The first kappa shape index (κ1) is 23.0. The molecule has 9 nitrogen and oxygen atoms in total. The fraction of sp³-hybridized carbons (Fsp3) is 0.375. The van der Waals surface area contributed by atoms with Crippen molar-refractivity contribution < 1.29 is 33.0 Å². The number of aromatic nitrogens is 1. The molecule has 4 heterocycles. The molecule has 3 aliphatic rings. The number of hydrogen-bond acceptors (Lipinski definition) is 7. The number of amides is 2. The summed E-state index contributed by atoms with van der Waals surface area (Å²) in [6.45, 7) is 5.66. The normalized spacial score (nSPS) is 20.0. The Labute approximate surface area is 200 Å². The molecule has 11 heteroatoms. The van der Waals surface area contributed by atoms with Gasteiger partial charge in [0.15, 0.2) is 11.6 Å². The molecule has 0 saturated carbocycles. The van der Waals surface area contributed by atoms with Gasteiger partial charge in [0.1, 0.15) is 35.2 Å². The Hall–Kier alpha value is -3.73. The number of rotatable bonds is 3. The number of halogens is 2. The first-order chi connectivity index (χ1) is 16.9. The summed E-state index contributed by atoms with van der Waals surface area (Å²) >= 11 is 0. The van der Waals surface area contributed by atoms with Gasteiger partial charge in [0.25, 0.3) is 5.91 Å². The van der Waals surface area contributed by atoms with E-state index in [4.69, 9.17) is 9.47 Å². The van der Waals surface area contributed by atoms with Gasteiger partial charge in [-0.05, 0) is 18.2 Å². The summed E-state index contributed by atoms with van der Waals surface area (Å²) in [6, 6.07) is 3.10. The Kier molecular flexibility index (Phi) is 6.01. The lowest BCUT2D eigenvalue weighted by atomic mass is 10.0. The number of piperazine rings is 1. The summed E-state index contributed by atoms with van der Waals surface area (Å²) in [4.78, 5) is 35.1. The molecule has 1 atom stereocenters. The van der Waals surface area contributed by atoms with Crippen LogP contribution in [0.2, 0.25) is 0 Å². The lowest BCUT2D eigenvalue weighted by molar-refractivity contribution is -0.128. The number of phenolic OH excluding ortho intramolecular Hbond substituents is 1. The summed E-state index contributed by atoms with van der Waals surface area (Å²) in [6.07, 6.45) is 1.21. The van der Waals surface area contributed by atoms with Gasteiger partial charge in [-0.15, -0.1) is 0 Å². The van der Waals surface area contributed by atoms with Crippen LogP contribution in [0.1, 0.15) is 10.4 Å². The molecular weight excluding hydrogens is 462 g/mol. The zero-order chi connectivity index (χ0) is 24.7. The minimum Gasteiger partial charge on any atom is -0.507 e. The number of pyridine rings is 1. The van der Waals surface area contributed by atoms with Gasteiger partial charge in [-0.3, -0.25) is 9.59 Å². The average Bonchev–Trinajstić information content (AvgIpc) is 3.02. The average molecular weight is 486 g/mol. The number of ether oxygens (including phenoxy) is 2. The highest BCUT2D eigenvalue weighted by atomic mass is 19.1. The molecule has 0 bridgehead atoms.